The molecule has 0 aliphatic carbocycles. The second kappa shape index (κ2) is 8.44. The van der Waals surface area contributed by atoms with E-state index in [9.17, 15) is 4.79 Å². The lowest BCUT2D eigenvalue weighted by Gasteiger charge is -2.13. The summed E-state index contributed by atoms with van der Waals surface area (Å²) >= 11 is 6.15. The summed E-state index contributed by atoms with van der Waals surface area (Å²) in [6.07, 6.45) is 0.917. The highest BCUT2D eigenvalue weighted by Gasteiger charge is 2.16. The van der Waals surface area contributed by atoms with E-state index in [-0.39, 0.29) is 5.91 Å². The van der Waals surface area contributed by atoms with Crippen LogP contribution in [0.5, 0.6) is 5.75 Å². The number of benzene rings is 2. The van der Waals surface area contributed by atoms with Gasteiger partial charge in [-0.3, -0.25) is 4.79 Å². The molecule has 2 rings (SSSR count). The van der Waals surface area contributed by atoms with Crippen LogP contribution in [0.2, 0.25) is 0 Å². The number of para-hydroxylation sites is 1. The molecule has 0 radical (unpaired) electrons. The van der Waals surface area contributed by atoms with Crippen LogP contribution in [-0.4, -0.2) is 19.1 Å². The van der Waals surface area contributed by atoms with Gasteiger partial charge < -0.3 is 10.1 Å². The molecule has 0 aromatic heterocycles. The van der Waals surface area contributed by atoms with Crippen LogP contribution in [0, 0.1) is 0 Å². The summed E-state index contributed by atoms with van der Waals surface area (Å²) in [4.78, 5) is 12.0. The normalized spacial score (nSPS) is 11.7. The molecule has 2 aromatic carbocycles. The van der Waals surface area contributed by atoms with Crippen molar-refractivity contribution in [2.45, 2.75) is 18.7 Å². The van der Waals surface area contributed by atoms with Crippen molar-refractivity contribution in [1.29, 1.82) is 0 Å². The summed E-state index contributed by atoms with van der Waals surface area (Å²) in [6, 6.07) is 17.2. The molecule has 0 bridgehead atoms. The van der Waals surface area contributed by atoms with Gasteiger partial charge in [-0.05, 0) is 23.6 Å². The molecule has 1 atom stereocenters. The van der Waals surface area contributed by atoms with Crippen molar-refractivity contribution in [3.8, 4) is 5.75 Å². The van der Waals surface area contributed by atoms with Gasteiger partial charge in [-0.1, -0.05) is 55.5 Å². The van der Waals surface area contributed by atoms with Gasteiger partial charge in [-0.2, -0.15) is 0 Å². The molecular formula is C18H20ClNO2. The van der Waals surface area contributed by atoms with Gasteiger partial charge in [0.1, 0.15) is 17.7 Å². The van der Waals surface area contributed by atoms with Crippen LogP contribution in [0.25, 0.3) is 0 Å². The maximum absolute atomic E-state index is 12.0. The first-order chi connectivity index (χ1) is 10.7. The first kappa shape index (κ1) is 16.4. The third-order valence-corrected chi connectivity index (χ3v) is 3.78. The Morgan fingerprint density at radius 1 is 1.14 bits per heavy atom. The first-order valence-corrected chi connectivity index (χ1v) is 7.83. The highest BCUT2D eigenvalue weighted by molar-refractivity contribution is 6.30. The topological polar surface area (TPSA) is 38.3 Å². The second-order valence-electron chi connectivity index (χ2n) is 4.87. The Labute approximate surface area is 136 Å². The van der Waals surface area contributed by atoms with E-state index in [2.05, 4.69) is 12.2 Å². The summed E-state index contributed by atoms with van der Waals surface area (Å²) in [6.45, 7) is 2.93. The molecule has 0 saturated carbocycles. The van der Waals surface area contributed by atoms with Gasteiger partial charge in [0.05, 0.1) is 6.54 Å². The number of alkyl halides is 1. The molecule has 0 saturated heterocycles. The molecule has 1 unspecified atom stereocenters. The van der Waals surface area contributed by atoms with Gasteiger partial charge in [-0.15, -0.1) is 11.6 Å². The zero-order valence-corrected chi connectivity index (χ0v) is 13.3. The van der Waals surface area contributed by atoms with E-state index in [1.807, 2.05) is 54.6 Å². The highest BCUT2D eigenvalue weighted by Crippen LogP contribution is 2.20. The number of carbonyl (C=O) groups excluding carboxylic acids is 1. The van der Waals surface area contributed by atoms with Gasteiger partial charge in [0.2, 0.25) is 5.91 Å². The quantitative estimate of drug-likeness (QED) is 0.624. The fraction of sp³-hybridized carbons (Fsp3) is 0.278. The number of rotatable bonds is 7. The average Bonchev–Trinajstić information content (AvgIpc) is 2.59. The zero-order chi connectivity index (χ0) is 15.8. The van der Waals surface area contributed by atoms with Crippen LogP contribution in [-0.2, 0) is 11.2 Å². The molecule has 1 amide bonds. The van der Waals surface area contributed by atoms with Crippen LogP contribution in [0.15, 0.2) is 54.6 Å². The number of aryl methyl sites for hydroxylation is 1. The number of nitrogens with one attached hydrogen (secondary N) is 1. The van der Waals surface area contributed by atoms with Gasteiger partial charge in [-0.25, -0.2) is 0 Å². The van der Waals surface area contributed by atoms with E-state index in [0.29, 0.717) is 13.2 Å². The fourth-order valence-corrected chi connectivity index (χ4v) is 2.36. The number of hydrogen-bond acceptors (Lipinski definition) is 2. The van der Waals surface area contributed by atoms with Crippen molar-refractivity contribution in [1.82, 2.24) is 5.32 Å². The third-order valence-electron chi connectivity index (χ3n) is 3.33. The Balaban J connectivity index is 1.78. The van der Waals surface area contributed by atoms with E-state index in [1.54, 1.807) is 0 Å². The minimum absolute atomic E-state index is 0.208. The Hall–Kier alpha value is -2.00. The number of ether oxygens (including phenoxy) is 1. The number of halogens is 1. The minimum Gasteiger partial charge on any atom is -0.491 e. The van der Waals surface area contributed by atoms with Gasteiger partial charge >= 0.3 is 0 Å². The van der Waals surface area contributed by atoms with Crippen molar-refractivity contribution < 1.29 is 9.53 Å². The summed E-state index contributed by atoms with van der Waals surface area (Å²) < 4.78 is 5.71. The van der Waals surface area contributed by atoms with Crippen molar-refractivity contribution in [3.05, 3.63) is 65.7 Å². The van der Waals surface area contributed by atoms with Crippen LogP contribution >= 0.6 is 11.6 Å². The SMILES string of the molecule is CCc1ccccc1OCCNC(=O)C(Cl)c1ccccc1. The van der Waals surface area contributed by atoms with Crippen LogP contribution in [0.4, 0.5) is 0 Å². The Bertz CT molecular complexity index is 601. The van der Waals surface area contributed by atoms with Crippen molar-refractivity contribution in [2.75, 3.05) is 13.2 Å². The fourth-order valence-electron chi connectivity index (χ4n) is 2.13. The molecule has 0 spiro atoms. The zero-order valence-electron chi connectivity index (χ0n) is 12.6. The monoisotopic (exact) mass is 317 g/mol. The lowest BCUT2D eigenvalue weighted by molar-refractivity contribution is -0.120. The maximum atomic E-state index is 12.0. The van der Waals surface area contributed by atoms with E-state index in [1.165, 1.54) is 0 Å². The Morgan fingerprint density at radius 3 is 2.55 bits per heavy atom. The van der Waals surface area contributed by atoms with Crippen molar-refractivity contribution >= 4 is 17.5 Å². The molecule has 116 valence electrons. The molecule has 3 nitrogen and oxygen atoms in total. The lowest BCUT2D eigenvalue weighted by atomic mass is 10.1. The average molecular weight is 318 g/mol. The summed E-state index contributed by atoms with van der Waals surface area (Å²) in [5.41, 5.74) is 1.95. The Morgan fingerprint density at radius 2 is 1.82 bits per heavy atom. The summed E-state index contributed by atoms with van der Waals surface area (Å²) in [7, 11) is 0. The first-order valence-electron chi connectivity index (χ1n) is 7.39. The standard InChI is InChI=1S/C18H20ClNO2/c1-2-14-8-6-7-11-16(14)22-13-12-20-18(21)17(19)15-9-4-3-5-10-15/h3-11,17H,2,12-13H2,1H3,(H,20,21). The summed E-state index contributed by atoms with van der Waals surface area (Å²) in [5.74, 6) is 0.657. The second-order valence-corrected chi connectivity index (χ2v) is 5.31. The molecular weight excluding hydrogens is 298 g/mol. The van der Waals surface area contributed by atoms with Crippen molar-refractivity contribution in [3.63, 3.8) is 0 Å². The molecule has 0 aliphatic rings. The minimum atomic E-state index is -0.677. The van der Waals surface area contributed by atoms with E-state index in [0.717, 1.165) is 23.3 Å². The third kappa shape index (κ3) is 4.50. The maximum Gasteiger partial charge on any atom is 0.242 e. The predicted octanol–water partition coefficient (Wildman–Crippen LogP) is 3.72. The van der Waals surface area contributed by atoms with E-state index < -0.39 is 5.38 Å². The summed E-state index contributed by atoms with van der Waals surface area (Å²) in [5, 5.41) is 2.12. The molecule has 0 heterocycles. The van der Waals surface area contributed by atoms with Gasteiger partial charge in [0.25, 0.3) is 0 Å². The van der Waals surface area contributed by atoms with Crippen molar-refractivity contribution in [2.24, 2.45) is 0 Å². The van der Waals surface area contributed by atoms with Crippen LogP contribution in [0.3, 0.4) is 0 Å². The van der Waals surface area contributed by atoms with E-state index >= 15 is 0 Å². The predicted molar refractivity (Wildman–Crippen MR) is 89.4 cm³/mol. The molecule has 0 aliphatic heterocycles. The Kier molecular flexibility index (Phi) is 6.28. The van der Waals surface area contributed by atoms with Crippen LogP contribution < -0.4 is 10.1 Å². The molecule has 1 N–H and O–H groups in total. The highest BCUT2D eigenvalue weighted by atomic mass is 35.5. The number of hydrogen-bond donors (Lipinski definition) is 1. The smallest absolute Gasteiger partial charge is 0.242 e. The van der Waals surface area contributed by atoms with Gasteiger partial charge in [0.15, 0.2) is 0 Å². The largest absolute Gasteiger partial charge is 0.491 e. The molecule has 22 heavy (non-hydrogen) atoms. The van der Waals surface area contributed by atoms with Crippen LogP contribution in [0.1, 0.15) is 23.4 Å². The number of carbonyl (C=O) groups is 1. The van der Waals surface area contributed by atoms with E-state index in [4.69, 9.17) is 16.3 Å². The van der Waals surface area contributed by atoms with Gasteiger partial charge in [0, 0.05) is 0 Å². The lowest BCUT2D eigenvalue weighted by Crippen LogP contribution is -2.30. The molecule has 0 fully saturated rings. The number of amides is 1. The molecule has 4 heteroatoms. The molecule has 2 aromatic rings.